The van der Waals surface area contributed by atoms with Crippen LogP contribution in [0.25, 0.3) is 22.2 Å². The largest absolute Gasteiger partial charge is 0.345 e. The lowest BCUT2D eigenvalue weighted by Gasteiger charge is -2.13. The monoisotopic (exact) mass is 480 g/mol. The van der Waals surface area contributed by atoms with E-state index in [2.05, 4.69) is 4.98 Å². The zero-order valence-electron chi connectivity index (χ0n) is 18.3. The highest BCUT2D eigenvalue weighted by atomic mass is 35.5. The van der Waals surface area contributed by atoms with Crippen LogP contribution in [0, 0.1) is 6.92 Å². The Bertz CT molecular complexity index is 1280. The average molecular weight is 481 g/mol. The van der Waals surface area contributed by atoms with Gasteiger partial charge in [-0.3, -0.25) is 4.79 Å². The highest BCUT2D eigenvalue weighted by molar-refractivity contribution is 7.90. The number of nitrogens with zero attached hydrogens (tertiary/aromatic N) is 3. The number of amides is 1. The van der Waals surface area contributed by atoms with Crippen LogP contribution in [0.15, 0.2) is 53.2 Å². The van der Waals surface area contributed by atoms with Crippen molar-refractivity contribution in [2.45, 2.75) is 18.4 Å². The van der Waals surface area contributed by atoms with Crippen molar-refractivity contribution in [3.05, 3.63) is 59.7 Å². The van der Waals surface area contributed by atoms with Crippen molar-refractivity contribution in [3.8, 4) is 11.1 Å². The minimum Gasteiger partial charge on any atom is -0.345 e. The quantitative estimate of drug-likeness (QED) is 0.583. The van der Waals surface area contributed by atoms with Gasteiger partial charge in [0.1, 0.15) is 11.7 Å². The van der Waals surface area contributed by atoms with Gasteiger partial charge in [-0.25, -0.2) is 17.8 Å². The number of nitrogens with two attached hydrogens (primary N) is 1. The Kier molecular flexibility index (Phi) is 7.82. The van der Waals surface area contributed by atoms with E-state index in [0.717, 1.165) is 6.26 Å². The molecule has 1 heterocycles. The summed E-state index contributed by atoms with van der Waals surface area (Å²) in [5.74, 6) is -0.0217. The van der Waals surface area contributed by atoms with Crippen molar-refractivity contribution in [3.63, 3.8) is 0 Å². The smallest absolute Gasteiger partial charge is 0.253 e. The molecule has 2 aromatic carbocycles. The molecular weight excluding hydrogens is 455 g/mol. The third kappa shape index (κ3) is 5.17. The summed E-state index contributed by atoms with van der Waals surface area (Å²) >= 11 is 0. The maximum absolute atomic E-state index is 14.2. The van der Waals surface area contributed by atoms with Gasteiger partial charge in [-0.05, 0) is 42.8 Å². The molecule has 0 radical (unpaired) electrons. The summed E-state index contributed by atoms with van der Waals surface area (Å²) < 4.78 is 39.5. The molecule has 0 spiro atoms. The van der Waals surface area contributed by atoms with Gasteiger partial charge in [0.15, 0.2) is 9.84 Å². The number of benzene rings is 2. The Morgan fingerprint density at radius 3 is 2.38 bits per heavy atom. The number of hydrogen-bond acceptors (Lipinski definition) is 5. The van der Waals surface area contributed by atoms with Gasteiger partial charge in [-0.15, -0.1) is 12.4 Å². The molecule has 3 rings (SSSR count). The Labute approximate surface area is 193 Å². The molecule has 10 heteroatoms. The number of fused-ring (bicyclic) bond motifs is 1. The Morgan fingerprint density at radius 1 is 1.22 bits per heavy atom. The van der Waals surface area contributed by atoms with E-state index in [9.17, 15) is 17.6 Å². The van der Waals surface area contributed by atoms with Crippen molar-refractivity contribution in [1.29, 1.82) is 0 Å². The first-order chi connectivity index (χ1) is 14.5. The van der Waals surface area contributed by atoms with Crippen LogP contribution in [-0.2, 0) is 16.4 Å². The average Bonchev–Trinajstić information content (AvgIpc) is 3.01. The van der Waals surface area contributed by atoms with E-state index in [1.807, 2.05) is 0 Å². The van der Waals surface area contributed by atoms with Crippen molar-refractivity contribution in [1.82, 2.24) is 14.5 Å². The van der Waals surface area contributed by atoms with E-state index in [-0.39, 0.29) is 36.3 Å². The first kappa shape index (κ1) is 25.5. The number of allylic oxidation sites excluding steroid dienone is 1. The highest BCUT2D eigenvalue weighted by Gasteiger charge is 2.19. The summed E-state index contributed by atoms with van der Waals surface area (Å²) in [7, 11) is -0.0331. The summed E-state index contributed by atoms with van der Waals surface area (Å²) in [6.45, 7) is 1.80. The van der Waals surface area contributed by atoms with Crippen LogP contribution >= 0.6 is 12.4 Å². The molecular formula is C22H26ClFN4O3S. The molecule has 0 fully saturated rings. The maximum Gasteiger partial charge on any atom is 0.253 e. The van der Waals surface area contributed by atoms with Crippen LogP contribution in [0.2, 0.25) is 0 Å². The van der Waals surface area contributed by atoms with E-state index in [4.69, 9.17) is 5.73 Å². The zero-order chi connectivity index (χ0) is 22.9. The van der Waals surface area contributed by atoms with Crippen LogP contribution in [0.3, 0.4) is 0 Å². The molecule has 3 aromatic rings. The molecule has 0 unspecified atom stereocenters. The number of carbonyl (C=O) groups is 1. The summed E-state index contributed by atoms with van der Waals surface area (Å²) in [6, 6.07) is 9.82. The molecule has 0 saturated carbocycles. The minimum atomic E-state index is -3.34. The molecule has 0 saturated heterocycles. The molecule has 7 nitrogen and oxygen atoms in total. The fourth-order valence-electron chi connectivity index (χ4n) is 3.37. The second-order valence-corrected chi connectivity index (χ2v) is 9.54. The standard InChI is InChI=1S/C22H25FN4O3S.ClH/c1-14-25-21-19(15-5-7-18(8-6-15)31(4,29)30)11-16(22(28)26(2)3)12-20(21)27(14)13-17(23)9-10-24;/h5-9,11-12H,10,13,24H2,1-4H3;1H/b17-9-;. The number of aromatic nitrogens is 2. The molecule has 1 amide bonds. The van der Waals surface area contributed by atoms with Crippen LogP contribution < -0.4 is 5.73 Å². The van der Waals surface area contributed by atoms with Crippen molar-refractivity contribution < 1.29 is 17.6 Å². The number of rotatable bonds is 6. The van der Waals surface area contributed by atoms with Gasteiger partial charge >= 0.3 is 0 Å². The number of sulfone groups is 1. The van der Waals surface area contributed by atoms with Crippen molar-refractivity contribution in [2.24, 2.45) is 5.73 Å². The predicted octanol–water partition coefficient (Wildman–Crippen LogP) is 3.35. The molecule has 32 heavy (non-hydrogen) atoms. The summed E-state index contributed by atoms with van der Waals surface area (Å²) in [4.78, 5) is 19.0. The van der Waals surface area contributed by atoms with Gasteiger partial charge in [0.2, 0.25) is 0 Å². The van der Waals surface area contributed by atoms with Gasteiger partial charge in [-0.2, -0.15) is 0 Å². The van der Waals surface area contributed by atoms with E-state index < -0.39 is 15.7 Å². The summed E-state index contributed by atoms with van der Waals surface area (Å²) in [5.41, 5.74) is 8.40. The topological polar surface area (TPSA) is 98.3 Å². The molecule has 172 valence electrons. The van der Waals surface area contributed by atoms with E-state index in [0.29, 0.717) is 33.5 Å². The molecule has 1 aromatic heterocycles. The second kappa shape index (κ2) is 9.81. The second-order valence-electron chi connectivity index (χ2n) is 7.52. The number of aryl methyl sites for hydroxylation is 1. The lowest BCUT2D eigenvalue weighted by atomic mass is 10.0. The minimum absolute atomic E-state index is 0. The van der Waals surface area contributed by atoms with Gasteiger partial charge in [0.25, 0.3) is 5.91 Å². The third-order valence-corrected chi connectivity index (χ3v) is 6.07. The van der Waals surface area contributed by atoms with Gasteiger partial charge in [0.05, 0.1) is 22.5 Å². The lowest BCUT2D eigenvalue weighted by Crippen LogP contribution is -2.21. The fraction of sp³-hybridized carbons (Fsp3) is 0.273. The number of hydrogen-bond donors (Lipinski definition) is 1. The molecule has 0 aliphatic heterocycles. The number of halogens is 2. The van der Waals surface area contributed by atoms with Gasteiger partial charge in [0, 0.05) is 38.0 Å². The normalized spacial score (nSPS) is 12.0. The van der Waals surface area contributed by atoms with E-state index in [1.54, 1.807) is 49.9 Å². The number of imidazole rings is 1. The Morgan fingerprint density at radius 2 is 1.84 bits per heavy atom. The maximum atomic E-state index is 14.2. The fourth-order valence-corrected chi connectivity index (χ4v) is 4.00. The van der Waals surface area contributed by atoms with Crippen LogP contribution in [0.4, 0.5) is 4.39 Å². The van der Waals surface area contributed by atoms with Crippen molar-refractivity contribution in [2.75, 3.05) is 26.9 Å². The number of carbonyl (C=O) groups excluding carboxylic acids is 1. The first-order valence-corrected chi connectivity index (χ1v) is 11.5. The Balaban J connectivity index is 0.00000363. The van der Waals surface area contributed by atoms with Crippen LogP contribution in [0.1, 0.15) is 16.2 Å². The zero-order valence-corrected chi connectivity index (χ0v) is 19.9. The van der Waals surface area contributed by atoms with Gasteiger partial charge in [-0.1, -0.05) is 12.1 Å². The van der Waals surface area contributed by atoms with E-state index in [1.165, 1.54) is 23.1 Å². The summed E-state index contributed by atoms with van der Waals surface area (Å²) in [5, 5.41) is 0. The van der Waals surface area contributed by atoms with E-state index >= 15 is 0 Å². The molecule has 0 aliphatic carbocycles. The molecule has 0 bridgehead atoms. The Hall–Kier alpha value is -2.75. The van der Waals surface area contributed by atoms with Crippen LogP contribution in [-0.4, -0.2) is 55.7 Å². The lowest BCUT2D eigenvalue weighted by molar-refractivity contribution is 0.0827. The van der Waals surface area contributed by atoms with Crippen LogP contribution in [0.5, 0.6) is 0 Å². The SMILES string of the molecule is Cc1nc2c(-c3ccc(S(C)(=O)=O)cc3)cc(C(=O)N(C)C)cc2n1C/C(F)=C/CN.Cl. The third-order valence-electron chi connectivity index (χ3n) is 4.94. The molecule has 2 N–H and O–H groups in total. The summed E-state index contributed by atoms with van der Waals surface area (Å²) in [6.07, 6.45) is 2.44. The molecule has 0 aliphatic rings. The molecule has 0 atom stereocenters. The van der Waals surface area contributed by atoms with Gasteiger partial charge < -0.3 is 15.2 Å². The first-order valence-electron chi connectivity index (χ1n) is 9.60. The predicted molar refractivity (Wildman–Crippen MR) is 127 cm³/mol. The van der Waals surface area contributed by atoms with Crippen molar-refractivity contribution >= 4 is 39.2 Å². The highest BCUT2D eigenvalue weighted by Crippen LogP contribution is 2.32.